The minimum Gasteiger partial charge on any atom is -0.461 e. The number of nitrogens with zero attached hydrogens (tertiary/aromatic N) is 2. The second-order valence-electron chi connectivity index (χ2n) is 10.6. The van der Waals surface area contributed by atoms with Gasteiger partial charge in [-0.1, -0.05) is 42.8 Å². The van der Waals surface area contributed by atoms with Crippen LogP contribution in [0.2, 0.25) is 0 Å². The number of ether oxygens (including phenoxy) is 2. The molecule has 1 aliphatic heterocycles. The summed E-state index contributed by atoms with van der Waals surface area (Å²) in [5.41, 5.74) is 4.33. The van der Waals surface area contributed by atoms with Gasteiger partial charge in [-0.15, -0.1) is 0 Å². The van der Waals surface area contributed by atoms with Crippen LogP contribution in [0.1, 0.15) is 45.3 Å². The number of nitrogens with two attached hydrogens (primary N) is 1. The van der Waals surface area contributed by atoms with Crippen LogP contribution in [-0.4, -0.2) is 57.5 Å². The number of rotatable bonds is 10. The molecule has 2 fully saturated rings. The van der Waals surface area contributed by atoms with Crippen molar-refractivity contribution in [3.05, 3.63) is 65.2 Å². The fourth-order valence-corrected chi connectivity index (χ4v) is 6.64. The van der Waals surface area contributed by atoms with Crippen LogP contribution in [0.25, 0.3) is 10.8 Å². The highest BCUT2D eigenvalue weighted by Gasteiger charge is 2.60. The lowest BCUT2D eigenvalue weighted by molar-refractivity contribution is -0.152. The zero-order valence-electron chi connectivity index (χ0n) is 23.3. The Kier molecular flexibility index (Phi) is 9.14. The summed E-state index contributed by atoms with van der Waals surface area (Å²) in [4.78, 5) is 28.5. The average molecular weight is 623 g/mol. The van der Waals surface area contributed by atoms with Crippen molar-refractivity contribution in [3.8, 4) is 5.75 Å². The van der Waals surface area contributed by atoms with E-state index in [9.17, 15) is 19.3 Å². The number of esters is 1. The van der Waals surface area contributed by atoms with Crippen LogP contribution in [0.15, 0.2) is 59.5 Å². The number of hydrogen-bond acceptors (Lipinski definition) is 10. The lowest BCUT2D eigenvalue weighted by atomic mass is 9.98. The van der Waals surface area contributed by atoms with E-state index < -0.39 is 56.4 Å². The number of nitrogens with one attached hydrogen (secondary N) is 1. The van der Waals surface area contributed by atoms with Gasteiger partial charge in [-0.3, -0.25) is 13.9 Å². The molecule has 12 nitrogen and oxygen atoms in total. The maximum absolute atomic E-state index is 15.1. The molecule has 15 heteroatoms. The smallest absolute Gasteiger partial charge is 0.459 e. The van der Waals surface area contributed by atoms with Gasteiger partial charge in [0.05, 0.1) is 6.61 Å². The third-order valence-corrected chi connectivity index (χ3v) is 9.03. The molecule has 2 heterocycles. The van der Waals surface area contributed by atoms with Crippen LogP contribution in [0.5, 0.6) is 5.75 Å². The Morgan fingerprint density at radius 3 is 2.67 bits per heavy atom. The number of halogens is 2. The van der Waals surface area contributed by atoms with E-state index in [1.54, 1.807) is 24.3 Å². The summed E-state index contributed by atoms with van der Waals surface area (Å²) in [5, 5.41) is 14.3. The fraction of sp³-hybridized carbons (Fsp3) is 0.464. The molecular formula is C28H33F2N4O8P. The van der Waals surface area contributed by atoms with Crippen LogP contribution in [0.4, 0.5) is 14.6 Å². The van der Waals surface area contributed by atoms with E-state index in [2.05, 4.69) is 10.1 Å². The number of fused-ring (bicyclic) bond motifs is 1. The van der Waals surface area contributed by atoms with Gasteiger partial charge in [0, 0.05) is 11.6 Å². The first-order valence-corrected chi connectivity index (χ1v) is 15.5. The minimum absolute atomic E-state index is 0.136. The topological polar surface area (TPSA) is 164 Å². The molecule has 3 aromatic rings. The second-order valence-corrected chi connectivity index (χ2v) is 12.3. The summed E-state index contributed by atoms with van der Waals surface area (Å²) >= 11 is 0. The fourth-order valence-electron chi connectivity index (χ4n) is 5.12. The molecule has 5 atom stereocenters. The van der Waals surface area contributed by atoms with Gasteiger partial charge in [-0.05, 0) is 50.1 Å². The van der Waals surface area contributed by atoms with E-state index in [4.69, 9.17) is 24.3 Å². The van der Waals surface area contributed by atoms with Crippen molar-refractivity contribution < 1.29 is 41.8 Å². The number of aliphatic hydroxyl groups excluding tert-OH is 1. The predicted molar refractivity (Wildman–Crippen MR) is 151 cm³/mol. The van der Waals surface area contributed by atoms with Crippen molar-refractivity contribution in [2.24, 2.45) is 0 Å². The Labute approximate surface area is 245 Å². The second kappa shape index (κ2) is 12.7. The average Bonchev–Trinajstić information content (AvgIpc) is 3.20. The van der Waals surface area contributed by atoms with E-state index in [0.29, 0.717) is 9.95 Å². The maximum atomic E-state index is 15.1. The normalized spacial score (nSPS) is 24.3. The third-order valence-electron chi connectivity index (χ3n) is 7.40. The Hall–Kier alpha value is -3.42. The van der Waals surface area contributed by atoms with Gasteiger partial charge in [0.15, 0.2) is 6.10 Å². The van der Waals surface area contributed by atoms with E-state index >= 15 is 8.78 Å². The number of aliphatic hydroxyl groups is 1. The summed E-state index contributed by atoms with van der Waals surface area (Å²) in [6.45, 7) is 0.559. The first-order chi connectivity index (χ1) is 20.5. The number of nitrogen functional groups attached to an aromatic ring is 1. The molecule has 1 saturated heterocycles. The summed E-state index contributed by atoms with van der Waals surface area (Å²) in [7, 11) is -4.52. The number of carbonyl (C=O) groups is 1. The number of benzene rings is 2. The SMILES string of the molecule is C[C@H](NP(=O)(OC[C@H]1O[C@@H](n2ccc(N)nc2=O)C(F)(F)C1O)Oc1cccc2ccccc12)C(=O)OC1CCCCC1. The standard InChI is InChI=1S/C28H33F2N4O8P/c1-17(25(36)40-19-10-3-2-4-11-19)33-43(38,42-21-13-7-9-18-8-5-6-12-20(18)21)39-16-22-24(35)28(29,30)26(41-22)34-15-14-23(31)32-27(34)37/h5-9,12-15,17,19,22,24,26,35H,2-4,10-11,16H2,1H3,(H,33,38)(H2,31,32,37)/t17-,22+,24?,26+,43?/m0/s1. The summed E-state index contributed by atoms with van der Waals surface area (Å²) in [5.74, 6) is -4.69. The van der Waals surface area contributed by atoms with Gasteiger partial charge < -0.3 is 24.8 Å². The van der Waals surface area contributed by atoms with Crippen molar-refractivity contribution in [3.63, 3.8) is 0 Å². The van der Waals surface area contributed by atoms with Crippen LogP contribution in [0, 0.1) is 0 Å². The van der Waals surface area contributed by atoms with Crippen LogP contribution in [-0.2, 0) is 23.4 Å². The van der Waals surface area contributed by atoms with Crippen LogP contribution >= 0.6 is 7.75 Å². The Balaban J connectivity index is 1.37. The molecule has 5 rings (SSSR count). The Bertz CT molecular complexity index is 1560. The van der Waals surface area contributed by atoms with Gasteiger partial charge in [0.1, 0.15) is 29.8 Å². The molecule has 0 amide bonds. The lowest BCUT2D eigenvalue weighted by Crippen LogP contribution is -2.42. The van der Waals surface area contributed by atoms with Gasteiger partial charge >= 0.3 is 25.3 Å². The highest BCUT2D eigenvalue weighted by Crippen LogP contribution is 2.49. The molecule has 2 aliphatic rings. The first kappa shape index (κ1) is 31.0. The molecule has 1 aliphatic carbocycles. The number of aromatic nitrogens is 2. The van der Waals surface area contributed by atoms with Crippen molar-refractivity contribution in [2.75, 3.05) is 12.3 Å². The van der Waals surface area contributed by atoms with Gasteiger partial charge in [0.2, 0.25) is 6.23 Å². The van der Waals surface area contributed by atoms with E-state index in [-0.39, 0.29) is 17.7 Å². The van der Waals surface area contributed by atoms with Crippen molar-refractivity contribution in [1.82, 2.24) is 14.6 Å². The van der Waals surface area contributed by atoms with Gasteiger partial charge in [-0.2, -0.15) is 18.9 Å². The molecule has 0 spiro atoms. The molecule has 2 aromatic carbocycles. The van der Waals surface area contributed by atoms with Crippen molar-refractivity contribution in [1.29, 1.82) is 0 Å². The molecule has 4 N–H and O–H groups in total. The molecule has 232 valence electrons. The number of hydrogen-bond donors (Lipinski definition) is 3. The quantitative estimate of drug-likeness (QED) is 0.222. The Morgan fingerprint density at radius 1 is 1.21 bits per heavy atom. The number of carbonyl (C=O) groups excluding carboxylic acids is 1. The van der Waals surface area contributed by atoms with Crippen molar-refractivity contribution >= 4 is 30.3 Å². The highest BCUT2D eigenvalue weighted by molar-refractivity contribution is 7.52. The molecule has 0 radical (unpaired) electrons. The van der Waals surface area contributed by atoms with Crippen molar-refractivity contribution in [2.45, 2.75) is 75.5 Å². The summed E-state index contributed by atoms with van der Waals surface area (Å²) in [6, 6.07) is 12.1. The Morgan fingerprint density at radius 2 is 1.93 bits per heavy atom. The first-order valence-electron chi connectivity index (χ1n) is 13.9. The predicted octanol–water partition coefficient (Wildman–Crippen LogP) is 3.93. The number of alkyl halides is 2. The van der Waals surface area contributed by atoms with Crippen LogP contribution in [0.3, 0.4) is 0 Å². The zero-order valence-corrected chi connectivity index (χ0v) is 24.2. The summed E-state index contributed by atoms with van der Waals surface area (Å²) in [6.07, 6.45) is -1.39. The van der Waals surface area contributed by atoms with Crippen LogP contribution < -0.4 is 21.0 Å². The molecule has 2 unspecified atom stereocenters. The molecule has 1 aromatic heterocycles. The summed E-state index contributed by atoms with van der Waals surface area (Å²) < 4.78 is 67.1. The maximum Gasteiger partial charge on any atom is 0.459 e. The molecule has 1 saturated carbocycles. The van der Waals surface area contributed by atoms with E-state index in [1.807, 2.05) is 12.1 Å². The highest BCUT2D eigenvalue weighted by atomic mass is 31.2. The van der Waals surface area contributed by atoms with Gasteiger partial charge in [0.25, 0.3) is 0 Å². The molecule has 0 bridgehead atoms. The van der Waals surface area contributed by atoms with E-state index in [0.717, 1.165) is 49.8 Å². The van der Waals surface area contributed by atoms with E-state index in [1.165, 1.54) is 13.0 Å². The largest absolute Gasteiger partial charge is 0.461 e. The monoisotopic (exact) mass is 622 g/mol. The zero-order chi connectivity index (χ0) is 30.8. The molecular weight excluding hydrogens is 589 g/mol. The van der Waals surface area contributed by atoms with Gasteiger partial charge in [-0.25, -0.2) is 9.36 Å². The number of anilines is 1. The lowest BCUT2D eigenvalue weighted by Gasteiger charge is -2.27. The third kappa shape index (κ3) is 6.89. The minimum atomic E-state index is -4.52. The molecule has 43 heavy (non-hydrogen) atoms.